The lowest BCUT2D eigenvalue weighted by atomic mass is 9.66. The number of nitro groups is 4. The third kappa shape index (κ3) is 6.63. The van der Waals surface area contributed by atoms with E-state index in [2.05, 4.69) is 48.5 Å². The smallest absolute Gasteiger partial charge is 0.258 e. The quantitative estimate of drug-likeness (QED) is 0.0970. The zero-order valence-corrected chi connectivity index (χ0v) is 31.9. The van der Waals surface area contributed by atoms with E-state index in [9.17, 15) is 40.5 Å². The molecular weight excluding hydrogens is 773 g/mol. The highest BCUT2D eigenvalue weighted by atomic mass is 16.6. The molecule has 8 aromatic rings. The van der Waals surface area contributed by atoms with Crippen LogP contribution in [0.3, 0.4) is 0 Å². The van der Waals surface area contributed by atoms with Gasteiger partial charge in [0.1, 0.15) is 0 Å². The van der Waals surface area contributed by atoms with Gasteiger partial charge in [-0.05, 0) is 163 Å². The van der Waals surface area contributed by atoms with Crippen LogP contribution in [-0.4, -0.2) is 19.7 Å². The summed E-state index contributed by atoms with van der Waals surface area (Å²) in [5, 5.41) is 46.7. The first-order valence-corrected chi connectivity index (χ1v) is 19.0. The molecule has 12 nitrogen and oxygen atoms in total. The second-order valence-electron chi connectivity index (χ2n) is 14.7. The van der Waals surface area contributed by atoms with Crippen molar-refractivity contribution in [3.8, 4) is 55.6 Å². The largest absolute Gasteiger partial charge is 0.269 e. The highest BCUT2D eigenvalue weighted by Crippen LogP contribution is 2.57. The Bertz CT molecular complexity index is 2710. The summed E-state index contributed by atoms with van der Waals surface area (Å²) in [7, 11) is 0. The zero-order chi connectivity index (χ0) is 42.4. The molecule has 0 spiro atoms. The van der Waals surface area contributed by atoms with E-state index < -0.39 is 25.1 Å². The normalized spacial score (nSPS) is 12.3. The fourth-order valence-electron chi connectivity index (χ4n) is 8.48. The molecule has 9 rings (SSSR count). The molecule has 0 fully saturated rings. The maximum absolute atomic E-state index is 11.7. The van der Waals surface area contributed by atoms with Gasteiger partial charge >= 0.3 is 0 Å². The van der Waals surface area contributed by atoms with Crippen LogP contribution in [0.25, 0.3) is 55.6 Å². The van der Waals surface area contributed by atoms with Gasteiger partial charge in [-0.2, -0.15) is 0 Å². The van der Waals surface area contributed by atoms with Crippen LogP contribution in [0.5, 0.6) is 0 Å². The third-order valence-electron chi connectivity index (χ3n) is 11.3. The summed E-state index contributed by atoms with van der Waals surface area (Å²) >= 11 is 0. The summed E-state index contributed by atoms with van der Waals surface area (Å²) in [6, 6.07) is 53.6. The number of fused-ring (bicyclic) bond motifs is 3. The Hall–Kier alpha value is -8.64. The van der Waals surface area contributed by atoms with Crippen LogP contribution in [-0.2, 0) is 5.41 Å². The molecule has 61 heavy (non-hydrogen) atoms. The van der Waals surface area contributed by atoms with Gasteiger partial charge in [-0.15, -0.1) is 0 Å². The van der Waals surface area contributed by atoms with Crippen LogP contribution >= 0.6 is 0 Å². The predicted octanol–water partition coefficient (Wildman–Crippen LogP) is 12.4. The highest BCUT2D eigenvalue weighted by Gasteiger charge is 2.46. The molecule has 12 heteroatoms. The third-order valence-corrected chi connectivity index (χ3v) is 11.3. The molecule has 0 aromatic heterocycles. The van der Waals surface area contributed by atoms with Crippen molar-refractivity contribution >= 4 is 22.7 Å². The highest BCUT2D eigenvalue weighted by molar-refractivity contribution is 5.89. The van der Waals surface area contributed by atoms with Gasteiger partial charge in [0.05, 0.1) is 25.1 Å². The lowest BCUT2D eigenvalue weighted by Gasteiger charge is -2.35. The predicted molar refractivity (Wildman–Crippen MR) is 232 cm³/mol. The summed E-state index contributed by atoms with van der Waals surface area (Å²) in [5.41, 5.74) is 10.0. The number of non-ortho nitro benzene ring substituents is 4. The molecule has 0 radical (unpaired) electrons. The van der Waals surface area contributed by atoms with E-state index in [1.807, 2.05) is 36.4 Å². The molecule has 0 N–H and O–H groups in total. The first kappa shape index (κ1) is 37.9. The molecule has 1 aliphatic rings. The molecule has 8 aromatic carbocycles. The molecule has 0 bridgehead atoms. The average Bonchev–Trinajstić information content (AvgIpc) is 3.60. The molecule has 1 aliphatic carbocycles. The lowest BCUT2D eigenvalue weighted by molar-refractivity contribution is -0.385. The van der Waals surface area contributed by atoms with Gasteiger partial charge in [0.15, 0.2) is 0 Å². The molecule has 0 heterocycles. The van der Waals surface area contributed by atoms with Gasteiger partial charge in [0.25, 0.3) is 22.7 Å². The van der Waals surface area contributed by atoms with Gasteiger partial charge in [-0.3, -0.25) is 40.5 Å². The van der Waals surface area contributed by atoms with Crippen molar-refractivity contribution in [2.45, 2.75) is 5.41 Å². The van der Waals surface area contributed by atoms with Crippen LogP contribution in [0, 0.1) is 40.5 Å². The van der Waals surface area contributed by atoms with Crippen molar-refractivity contribution in [1.82, 2.24) is 0 Å². The second-order valence-corrected chi connectivity index (χ2v) is 14.7. The zero-order valence-electron chi connectivity index (χ0n) is 31.9. The molecule has 0 saturated carbocycles. The fourth-order valence-corrected chi connectivity index (χ4v) is 8.48. The van der Waals surface area contributed by atoms with E-state index in [0.29, 0.717) is 22.3 Å². The van der Waals surface area contributed by atoms with Crippen molar-refractivity contribution in [1.29, 1.82) is 0 Å². The second kappa shape index (κ2) is 14.9. The number of rotatable bonds is 10. The molecule has 0 saturated heterocycles. The Kier molecular flexibility index (Phi) is 9.29. The molecule has 294 valence electrons. The van der Waals surface area contributed by atoms with Crippen molar-refractivity contribution in [3.63, 3.8) is 0 Å². The number of hydrogen-bond acceptors (Lipinski definition) is 8. The topological polar surface area (TPSA) is 173 Å². The van der Waals surface area contributed by atoms with E-state index in [1.54, 1.807) is 48.5 Å². The van der Waals surface area contributed by atoms with Crippen molar-refractivity contribution < 1.29 is 19.7 Å². The summed E-state index contributed by atoms with van der Waals surface area (Å²) in [4.78, 5) is 44.9. The van der Waals surface area contributed by atoms with E-state index in [-0.39, 0.29) is 22.7 Å². The Morgan fingerprint density at radius 1 is 0.295 bits per heavy atom. The minimum absolute atomic E-state index is 0.0625. The van der Waals surface area contributed by atoms with Gasteiger partial charge in [-0.25, -0.2) is 0 Å². The molecule has 0 atom stereocenters. The van der Waals surface area contributed by atoms with Gasteiger partial charge in [-0.1, -0.05) is 48.5 Å². The molecule has 0 aliphatic heterocycles. The van der Waals surface area contributed by atoms with Crippen LogP contribution in [0.1, 0.15) is 22.3 Å². The Morgan fingerprint density at radius 3 is 0.787 bits per heavy atom. The van der Waals surface area contributed by atoms with Gasteiger partial charge in [0, 0.05) is 48.5 Å². The minimum atomic E-state index is -1.05. The Morgan fingerprint density at radius 2 is 0.541 bits per heavy atom. The lowest BCUT2D eigenvalue weighted by Crippen LogP contribution is -2.29. The van der Waals surface area contributed by atoms with Crippen molar-refractivity contribution in [2.75, 3.05) is 0 Å². The first-order chi connectivity index (χ1) is 29.5. The SMILES string of the molecule is O=[N+]([O-])c1ccc(-c2cc(-c3ccc([N+](=O)[O-])cc3)cc(C3(c4cc(-c5ccc([N+](=O)[O-])cc5)cc(-c5ccc([N+](=O)[O-])cc5)c4)c4ccccc4-c4ccccc43)c2)cc1. The molecule has 0 amide bonds. The number of benzene rings is 8. The Labute approximate surface area is 347 Å². The monoisotopic (exact) mass is 802 g/mol. The first-order valence-electron chi connectivity index (χ1n) is 19.0. The van der Waals surface area contributed by atoms with Gasteiger partial charge in [0.2, 0.25) is 0 Å². The standard InChI is InChI=1S/C49H30N4O8/c54-50(55)41-17-9-31(10-18-41)35-25-36(32-11-19-42(20-12-32)51(56)57)28-39(27-35)49(47-7-3-1-5-45(47)46-6-2-4-8-48(46)49)40-29-37(33-13-21-43(22-14-33)52(58)59)26-38(30-40)34-15-23-44(24-16-34)53(60)61/h1-30H. The van der Waals surface area contributed by atoms with Crippen LogP contribution in [0.15, 0.2) is 182 Å². The number of nitrogens with zero attached hydrogens (tertiary/aromatic N) is 4. The summed E-state index contributed by atoms with van der Waals surface area (Å²) in [6.07, 6.45) is 0. The maximum Gasteiger partial charge on any atom is 0.269 e. The average molecular weight is 803 g/mol. The van der Waals surface area contributed by atoms with Crippen LogP contribution in [0.2, 0.25) is 0 Å². The van der Waals surface area contributed by atoms with Crippen LogP contribution in [0.4, 0.5) is 22.7 Å². The molecule has 0 unspecified atom stereocenters. The van der Waals surface area contributed by atoms with E-state index >= 15 is 0 Å². The number of nitro benzene ring substituents is 4. The van der Waals surface area contributed by atoms with E-state index in [0.717, 1.165) is 55.6 Å². The van der Waals surface area contributed by atoms with Gasteiger partial charge < -0.3 is 0 Å². The molecular formula is C49H30N4O8. The maximum atomic E-state index is 11.7. The summed E-state index contributed by atoms with van der Waals surface area (Å²) < 4.78 is 0. The van der Waals surface area contributed by atoms with Crippen molar-refractivity contribution in [3.05, 3.63) is 245 Å². The van der Waals surface area contributed by atoms with Crippen molar-refractivity contribution in [2.24, 2.45) is 0 Å². The summed E-state index contributed by atoms with van der Waals surface area (Å²) in [6.45, 7) is 0. The van der Waals surface area contributed by atoms with Crippen LogP contribution < -0.4 is 0 Å². The Balaban J connectivity index is 1.39. The fraction of sp³-hybridized carbons (Fsp3) is 0.0204. The van der Waals surface area contributed by atoms with E-state index in [4.69, 9.17) is 0 Å². The number of hydrogen-bond donors (Lipinski definition) is 0. The van der Waals surface area contributed by atoms with E-state index in [1.165, 1.54) is 48.5 Å². The summed E-state index contributed by atoms with van der Waals surface area (Å²) in [5.74, 6) is 0. The minimum Gasteiger partial charge on any atom is -0.258 e.